The first-order valence-corrected chi connectivity index (χ1v) is 9.14. The van der Waals surface area contributed by atoms with E-state index in [2.05, 4.69) is 39.9 Å². The zero-order valence-electron chi connectivity index (χ0n) is 13.7. The van der Waals surface area contributed by atoms with E-state index in [-0.39, 0.29) is 11.2 Å². The molecule has 3 nitrogen and oxygen atoms in total. The van der Waals surface area contributed by atoms with Crippen molar-refractivity contribution in [2.45, 2.75) is 70.8 Å². The molecule has 0 aromatic rings. The molecule has 0 amide bonds. The van der Waals surface area contributed by atoms with Crippen LogP contribution in [0.2, 0.25) is 0 Å². The lowest BCUT2D eigenvalue weighted by Crippen LogP contribution is -2.53. The minimum atomic E-state index is -0.0830. The lowest BCUT2D eigenvalue weighted by atomic mass is 9.79. The van der Waals surface area contributed by atoms with Gasteiger partial charge in [-0.2, -0.15) is 11.8 Å². The molecule has 2 aliphatic rings. The molecular formula is C16H31NO2S. The van der Waals surface area contributed by atoms with Crippen molar-refractivity contribution >= 4 is 11.8 Å². The molecule has 1 N–H and O–H groups in total. The zero-order chi connectivity index (χ0) is 14.8. The van der Waals surface area contributed by atoms with Gasteiger partial charge in [0.25, 0.3) is 0 Å². The van der Waals surface area contributed by atoms with Crippen molar-refractivity contribution in [3.63, 3.8) is 0 Å². The highest BCUT2D eigenvalue weighted by atomic mass is 32.2. The molecule has 118 valence electrons. The Bertz CT molecular complexity index is 314. The summed E-state index contributed by atoms with van der Waals surface area (Å²) in [5, 5.41) is 3.76. The van der Waals surface area contributed by atoms with Crippen LogP contribution in [-0.4, -0.2) is 48.0 Å². The molecule has 3 atom stereocenters. The molecule has 3 unspecified atom stereocenters. The highest BCUT2D eigenvalue weighted by molar-refractivity contribution is 7.99. The molecule has 0 spiro atoms. The van der Waals surface area contributed by atoms with Crippen molar-refractivity contribution in [2.75, 3.05) is 24.7 Å². The van der Waals surface area contributed by atoms with Crippen LogP contribution in [0.25, 0.3) is 0 Å². The Labute approximate surface area is 128 Å². The van der Waals surface area contributed by atoms with Gasteiger partial charge in [0.05, 0.1) is 23.9 Å². The third-order valence-corrected chi connectivity index (χ3v) is 5.47. The molecule has 4 heteroatoms. The fourth-order valence-corrected chi connectivity index (χ4v) is 4.64. The highest BCUT2D eigenvalue weighted by Gasteiger charge is 2.50. The summed E-state index contributed by atoms with van der Waals surface area (Å²) in [6.45, 7) is 13.1. The van der Waals surface area contributed by atoms with Gasteiger partial charge in [0.2, 0.25) is 0 Å². The molecule has 2 rings (SSSR count). The molecule has 0 saturated carbocycles. The SMILES string of the molecule is CCCNC(C1CSCCO1)C1CC(C)(C)OC1(C)C. The smallest absolute Gasteiger partial charge is 0.0822 e. The Morgan fingerprint density at radius 1 is 1.30 bits per heavy atom. The van der Waals surface area contributed by atoms with E-state index in [9.17, 15) is 0 Å². The minimum Gasteiger partial charge on any atom is -0.375 e. The van der Waals surface area contributed by atoms with Gasteiger partial charge in [0.15, 0.2) is 0 Å². The van der Waals surface area contributed by atoms with Gasteiger partial charge in [-0.05, 0) is 47.1 Å². The van der Waals surface area contributed by atoms with Crippen molar-refractivity contribution in [3.8, 4) is 0 Å². The molecule has 2 heterocycles. The molecule has 0 aromatic carbocycles. The Balaban J connectivity index is 2.12. The predicted molar refractivity (Wildman–Crippen MR) is 86.5 cm³/mol. The number of thioether (sulfide) groups is 1. The lowest BCUT2D eigenvalue weighted by molar-refractivity contribution is -0.0847. The number of hydrogen-bond donors (Lipinski definition) is 1. The van der Waals surface area contributed by atoms with Crippen LogP contribution in [0.15, 0.2) is 0 Å². The van der Waals surface area contributed by atoms with Gasteiger partial charge >= 0.3 is 0 Å². The second-order valence-electron chi connectivity index (χ2n) is 7.24. The minimum absolute atomic E-state index is 0.0257. The quantitative estimate of drug-likeness (QED) is 0.845. The molecule has 0 radical (unpaired) electrons. The van der Waals surface area contributed by atoms with Gasteiger partial charge in [-0.3, -0.25) is 0 Å². The first-order chi connectivity index (χ1) is 9.36. The summed E-state index contributed by atoms with van der Waals surface area (Å²) in [7, 11) is 0. The summed E-state index contributed by atoms with van der Waals surface area (Å²) < 4.78 is 12.4. The Morgan fingerprint density at radius 2 is 2.05 bits per heavy atom. The van der Waals surface area contributed by atoms with E-state index in [1.54, 1.807) is 0 Å². The maximum atomic E-state index is 6.30. The van der Waals surface area contributed by atoms with Crippen molar-refractivity contribution < 1.29 is 9.47 Å². The average Bonchev–Trinajstić information content (AvgIpc) is 2.59. The van der Waals surface area contributed by atoms with E-state index in [0.29, 0.717) is 18.1 Å². The second kappa shape index (κ2) is 6.55. The van der Waals surface area contributed by atoms with Crippen LogP contribution < -0.4 is 5.32 Å². The summed E-state index contributed by atoms with van der Waals surface area (Å²) in [4.78, 5) is 0. The van der Waals surface area contributed by atoms with Crippen LogP contribution in [0.3, 0.4) is 0 Å². The number of rotatable bonds is 5. The number of hydrogen-bond acceptors (Lipinski definition) is 4. The van der Waals surface area contributed by atoms with Crippen LogP contribution in [-0.2, 0) is 9.47 Å². The Hall–Kier alpha value is 0.230. The largest absolute Gasteiger partial charge is 0.375 e. The van der Waals surface area contributed by atoms with Crippen molar-refractivity contribution in [2.24, 2.45) is 5.92 Å². The Kier molecular flexibility index (Phi) is 5.44. The Morgan fingerprint density at radius 3 is 2.55 bits per heavy atom. The topological polar surface area (TPSA) is 30.5 Å². The summed E-state index contributed by atoms with van der Waals surface area (Å²) in [5.74, 6) is 2.74. The van der Waals surface area contributed by atoms with E-state index in [1.807, 2.05) is 11.8 Å². The highest BCUT2D eigenvalue weighted by Crippen LogP contribution is 2.44. The van der Waals surface area contributed by atoms with E-state index < -0.39 is 0 Å². The lowest BCUT2D eigenvalue weighted by Gasteiger charge is -2.39. The van der Waals surface area contributed by atoms with E-state index >= 15 is 0 Å². The van der Waals surface area contributed by atoms with Crippen molar-refractivity contribution in [1.29, 1.82) is 0 Å². The molecule has 20 heavy (non-hydrogen) atoms. The van der Waals surface area contributed by atoms with Gasteiger partial charge in [0.1, 0.15) is 0 Å². The summed E-state index contributed by atoms with van der Waals surface area (Å²) in [6.07, 6.45) is 2.58. The van der Waals surface area contributed by atoms with Crippen LogP contribution in [0.1, 0.15) is 47.5 Å². The summed E-state index contributed by atoms with van der Waals surface area (Å²) >= 11 is 2.02. The maximum Gasteiger partial charge on any atom is 0.0822 e. The van der Waals surface area contributed by atoms with Crippen LogP contribution in [0, 0.1) is 5.92 Å². The van der Waals surface area contributed by atoms with Crippen LogP contribution in [0.5, 0.6) is 0 Å². The summed E-state index contributed by atoms with van der Waals surface area (Å²) in [5.41, 5.74) is -0.109. The molecule has 2 aliphatic heterocycles. The van der Waals surface area contributed by atoms with Crippen LogP contribution >= 0.6 is 11.8 Å². The first kappa shape index (κ1) is 16.6. The van der Waals surface area contributed by atoms with E-state index in [4.69, 9.17) is 9.47 Å². The molecule has 2 fully saturated rings. The third-order valence-electron chi connectivity index (χ3n) is 4.45. The van der Waals surface area contributed by atoms with Gasteiger partial charge in [-0.25, -0.2) is 0 Å². The third kappa shape index (κ3) is 3.90. The molecule has 0 aromatic heterocycles. The molecule has 0 aliphatic carbocycles. The van der Waals surface area contributed by atoms with E-state index in [1.165, 1.54) is 0 Å². The predicted octanol–water partition coefficient (Wildman–Crippen LogP) is 3.08. The normalized spacial score (nSPS) is 34.0. The maximum absolute atomic E-state index is 6.30. The first-order valence-electron chi connectivity index (χ1n) is 7.98. The fraction of sp³-hybridized carbons (Fsp3) is 1.00. The average molecular weight is 301 g/mol. The van der Waals surface area contributed by atoms with Crippen molar-refractivity contribution in [3.05, 3.63) is 0 Å². The van der Waals surface area contributed by atoms with Gasteiger partial charge in [-0.1, -0.05) is 6.92 Å². The zero-order valence-corrected chi connectivity index (χ0v) is 14.5. The molecular weight excluding hydrogens is 270 g/mol. The second-order valence-corrected chi connectivity index (χ2v) is 8.39. The van der Waals surface area contributed by atoms with Crippen LogP contribution in [0.4, 0.5) is 0 Å². The standard InChI is InChI=1S/C16H31NO2S/c1-6-7-17-14(13-11-20-9-8-18-13)12-10-15(2,3)19-16(12,4)5/h12-14,17H,6-11H2,1-5H3. The van der Waals surface area contributed by atoms with E-state index in [0.717, 1.165) is 37.5 Å². The number of ether oxygens (including phenoxy) is 2. The fourth-order valence-electron chi connectivity index (χ4n) is 3.72. The van der Waals surface area contributed by atoms with Gasteiger partial charge < -0.3 is 14.8 Å². The number of nitrogens with one attached hydrogen (secondary N) is 1. The molecule has 2 saturated heterocycles. The van der Waals surface area contributed by atoms with Gasteiger partial charge in [-0.15, -0.1) is 0 Å². The monoisotopic (exact) mass is 301 g/mol. The molecule has 0 bridgehead atoms. The van der Waals surface area contributed by atoms with Crippen molar-refractivity contribution in [1.82, 2.24) is 5.32 Å². The van der Waals surface area contributed by atoms with Gasteiger partial charge in [0, 0.05) is 23.5 Å². The summed E-state index contributed by atoms with van der Waals surface area (Å²) in [6, 6.07) is 0.402.